The van der Waals surface area contributed by atoms with E-state index in [9.17, 15) is 28.5 Å². The zero-order chi connectivity index (χ0) is 27.2. The number of para-hydroxylation sites is 1. The van der Waals surface area contributed by atoms with E-state index in [-0.39, 0.29) is 23.9 Å². The molecule has 0 saturated heterocycles. The van der Waals surface area contributed by atoms with Crippen molar-refractivity contribution in [3.8, 4) is 10.6 Å². The molecule has 9 nitrogen and oxygen atoms in total. The summed E-state index contributed by atoms with van der Waals surface area (Å²) in [5.74, 6) is -0.332. The van der Waals surface area contributed by atoms with Crippen LogP contribution in [0.3, 0.4) is 0 Å². The molecular weight excluding hydrogens is 521 g/mol. The lowest BCUT2D eigenvalue weighted by Crippen LogP contribution is -2.40. The average Bonchev–Trinajstić information content (AvgIpc) is 3.40. The van der Waals surface area contributed by atoms with Gasteiger partial charge < -0.3 is 26.0 Å². The first-order valence-electron chi connectivity index (χ1n) is 11.8. The molecule has 0 radical (unpaired) electrons. The van der Waals surface area contributed by atoms with Crippen molar-refractivity contribution < 1.29 is 28.5 Å². The summed E-state index contributed by atoms with van der Waals surface area (Å²) in [5.41, 5.74) is -0.925. The number of nitrogens with zero attached hydrogens (tertiary/aromatic N) is 4. The van der Waals surface area contributed by atoms with Gasteiger partial charge in [-0.3, -0.25) is 4.98 Å². The fourth-order valence-electron chi connectivity index (χ4n) is 4.54. The van der Waals surface area contributed by atoms with E-state index in [1.807, 2.05) is 24.3 Å². The second-order valence-corrected chi connectivity index (χ2v) is 10.8. The maximum atomic E-state index is 13.1. The van der Waals surface area contributed by atoms with Crippen molar-refractivity contribution in [1.82, 2.24) is 19.9 Å². The standard InChI is InChI=1S/C25H25F3N6O3S/c1-24(2,37)14-10-16(20(36)19(14)35)32-21-13(22-33-15-5-3-4-6-17(15)38-22)11-30-23(34-21)31-12-7-8-29-18(9-12)25(26,27)28/h3-9,11,14,16,19-20,35-37H,10H2,1-2H3,(H2,29,30,31,32,34)/t14?,16-,19-,20+/m1/s1. The number of hydrogen-bond donors (Lipinski definition) is 5. The minimum absolute atomic E-state index is 0.00348. The Labute approximate surface area is 219 Å². The number of nitrogens with one attached hydrogen (secondary N) is 2. The summed E-state index contributed by atoms with van der Waals surface area (Å²) < 4.78 is 40.3. The molecule has 13 heteroatoms. The Morgan fingerprint density at radius 1 is 1.03 bits per heavy atom. The molecule has 5 N–H and O–H groups in total. The molecule has 1 fully saturated rings. The highest BCUT2D eigenvalue weighted by Crippen LogP contribution is 2.39. The summed E-state index contributed by atoms with van der Waals surface area (Å²) in [6.07, 6.45) is -4.21. The van der Waals surface area contributed by atoms with Gasteiger partial charge in [0.1, 0.15) is 22.6 Å². The zero-order valence-corrected chi connectivity index (χ0v) is 21.1. The van der Waals surface area contributed by atoms with Gasteiger partial charge in [0.05, 0.1) is 33.5 Å². The monoisotopic (exact) mass is 546 g/mol. The van der Waals surface area contributed by atoms with E-state index < -0.39 is 41.6 Å². The van der Waals surface area contributed by atoms with Crippen LogP contribution in [0.15, 0.2) is 48.8 Å². The van der Waals surface area contributed by atoms with E-state index >= 15 is 0 Å². The number of benzene rings is 1. The maximum Gasteiger partial charge on any atom is 0.433 e. The average molecular weight is 547 g/mol. The van der Waals surface area contributed by atoms with Gasteiger partial charge in [-0.2, -0.15) is 18.2 Å². The minimum Gasteiger partial charge on any atom is -0.390 e. The van der Waals surface area contributed by atoms with Gasteiger partial charge in [0.15, 0.2) is 0 Å². The van der Waals surface area contributed by atoms with Crippen LogP contribution in [0.1, 0.15) is 26.0 Å². The number of pyridine rings is 1. The number of aromatic nitrogens is 4. The first-order valence-corrected chi connectivity index (χ1v) is 12.6. The topological polar surface area (TPSA) is 136 Å². The van der Waals surface area contributed by atoms with Crippen LogP contribution in [0.5, 0.6) is 0 Å². The molecule has 3 aromatic heterocycles. The summed E-state index contributed by atoms with van der Waals surface area (Å²) in [4.78, 5) is 16.8. The van der Waals surface area contributed by atoms with Gasteiger partial charge in [-0.05, 0) is 44.5 Å². The van der Waals surface area contributed by atoms with E-state index in [2.05, 4.69) is 30.6 Å². The van der Waals surface area contributed by atoms with E-state index in [0.717, 1.165) is 22.5 Å². The van der Waals surface area contributed by atoms with Crippen LogP contribution in [0.25, 0.3) is 20.8 Å². The van der Waals surface area contributed by atoms with E-state index in [4.69, 9.17) is 0 Å². The molecule has 1 aliphatic rings. The molecule has 0 bridgehead atoms. The summed E-state index contributed by atoms with van der Waals surface area (Å²) in [6, 6.07) is 9.09. The van der Waals surface area contributed by atoms with Gasteiger partial charge in [-0.25, -0.2) is 9.97 Å². The fourth-order valence-corrected chi connectivity index (χ4v) is 5.52. The van der Waals surface area contributed by atoms with Crippen LogP contribution in [0.2, 0.25) is 0 Å². The molecular formula is C25H25F3N6O3S. The van der Waals surface area contributed by atoms with Crippen molar-refractivity contribution in [1.29, 1.82) is 0 Å². The highest BCUT2D eigenvalue weighted by Gasteiger charge is 2.47. The number of alkyl halides is 3. The van der Waals surface area contributed by atoms with Crippen molar-refractivity contribution in [3.05, 3.63) is 54.5 Å². The molecule has 1 aromatic carbocycles. The Hall–Kier alpha value is -3.39. The Balaban J connectivity index is 1.51. The summed E-state index contributed by atoms with van der Waals surface area (Å²) in [5, 5.41) is 38.3. The Morgan fingerprint density at radius 3 is 2.47 bits per heavy atom. The van der Waals surface area contributed by atoms with E-state index in [1.165, 1.54) is 23.6 Å². The van der Waals surface area contributed by atoms with Gasteiger partial charge in [0, 0.05) is 24.0 Å². The second-order valence-electron chi connectivity index (χ2n) is 9.72. The third-order valence-corrected chi connectivity index (χ3v) is 7.60. The van der Waals surface area contributed by atoms with Gasteiger partial charge in [-0.1, -0.05) is 12.1 Å². The SMILES string of the molecule is CC(C)(O)C1C[C@@H](Nc2nc(Nc3ccnc(C(F)(F)F)c3)ncc2-c2nc3ccccc3s2)[C@H](O)[C@@H]1O. The molecule has 0 spiro atoms. The van der Waals surface area contributed by atoms with Gasteiger partial charge in [0.25, 0.3) is 0 Å². The van der Waals surface area contributed by atoms with Crippen LogP contribution in [0, 0.1) is 5.92 Å². The number of aliphatic hydroxyl groups excluding tert-OH is 2. The molecule has 38 heavy (non-hydrogen) atoms. The van der Waals surface area contributed by atoms with Crippen molar-refractivity contribution in [3.63, 3.8) is 0 Å². The number of halogens is 3. The first-order chi connectivity index (χ1) is 17.9. The third kappa shape index (κ3) is 5.27. The number of anilines is 3. The molecule has 5 rings (SSSR count). The van der Waals surface area contributed by atoms with Crippen LogP contribution in [-0.4, -0.2) is 59.1 Å². The summed E-state index contributed by atoms with van der Waals surface area (Å²) in [7, 11) is 0. The molecule has 3 heterocycles. The molecule has 200 valence electrons. The van der Waals surface area contributed by atoms with E-state index in [1.54, 1.807) is 13.8 Å². The first kappa shape index (κ1) is 26.2. The normalized spacial score (nSPS) is 22.1. The van der Waals surface area contributed by atoms with Crippen LogP contribution in [0.4, 0.5) is 30.6 Å². The number of aliphatic hydroxyl groups is 3. The molecule has 0 amide bonds. The lowest BCUT2D eigenvalue weighted by atomic mass is 9.88. The molecule has 1 unspecified atom stereocenters. The lowest BCUT2D eigenvalue weighted by Gasteiger charge is -2.28. The van der Waals surface area contributed by atoms with Gasteiger partial charge in [0.2, 0.25) is 5.95 Å². The maximum absolute atomic E-state index is 13.1. The predicted molar refractivity (Wildman–Crippen MR) is 137 cm³/mol. The number of rotatable bonds is 6. The quantitative estimate of drug-likeness (QED) is 0.241. The van der Waals surface area contributed by atoms with Crippen molar-refractivity contribution >= 4 is 39.0 Å². The minimum atomic E-state index is -4.61. The number of thiazole rings is 1. The van der Waals surface area contributed by atoms with Crippen molar-refractivity contribution in [2.45, 2.75) is 50.3 Å². The van der Waals surface area contributed by atoms with Crippen LogP contribution < -0.4 is 10.6 Å². The molecule has 1 saturated carbocycles. The van der Waals surface area contributed by atoms with Crippen molar-refractivity contribution in [2.24, 2.45) is 5.92 Å². The summed E-state index contributed by atoms with van der Waals surface area (Å²) >= 11 is 1.41. The molecule has 4 atom stereocenters. The largest absolute Gasteiger partial charge is 0.433 e. The van der Waals surface area contributed by atoms with E-state index in [0.29, 0.717) is 10.6 Å². The predicted octanol–water partition coefficient (Wildman–Crippen LogP) is 4.20. The fraction of sp³-hybridized carbons (Fsp3) is 0.360. The Kier molecular flexibility index (Phi) is 6.71. The van der Waals surface area contributed by atoms with Crippen molar-refractivity contribution in [2.75, 3.05) is 10.6 Å². The molecule has 4 aromatic rings. The van der Waals surface area contributed by atoms with Crippen LogP contribution >= 0.6 is 11.3 Å². The molecule has 0 aliphatic heterocycles. The zero-order valence-electron chi connectivity index (χ0n) is 20.3. The smallest absolute Gasteiger partial charge is 0.390 e. The number of fused-ring (bicyclic) bond motifs is 1. The second kappa shape index (κ2) is 9.73. The lowest BCUT2D eigenvalue weighted by molar-refractivity contribution is -0.141. The van der Waals surface area contributed by atoms with Gasteiger partial charge in [-0.15, -0.1) is 11.3 Å². The Morgan fingerprint density at radius 2 is 1.79 bits per heavy atom. The number of hydrogen-bond acceptors (Lipinski definition) is 10. The Bertz CT molecular complexity index is 1430. The van der Waals surface area contributed by atoms with Crippen LogP contribution in [-0.2, 0) is 6.18 Å². The third-order valence-electron chi connectivity index (χ3n) is 6.53. The molecule has 1 aliphatic carbocycles. The summed E-state index contributed by atoms with van der Waals surface area (Å²) in [6.45, 7) is 3.14. The highest BCUT2D eigenvalue weighted by molar-refractivity contribution is 7.21. The van der Waals surface area contributed by atoms with Gasteiger partial charge >= 0.3 is 6.18 Å². The highest BCUT2D eigenvalue weighted by atomic mass is 32.1.